The van der Waals surface area contributed by atoms with Gasteiger partial charge in [0.05, 0.1) is 6.10 Å². The molecule has 1 aliphatic rings. The van der Waals surface area contributed by atoms with Gasteiger partial charge in [-0.15, -0.1) is 0 Å². The lowest BCUT2D eigenvalue weighted by Gasteiger charge is -2.26. The molecule has 1 rings (SSSR count). The van der Waals surface area contributed by atoms with Crippen molar-refractivity contribution in [3.8, 4) is 0 Å². The van der Waals surface area contributed by atoms with Crippen LogP contribution in [0.2, 0.25) is 0 Å². The topological polar surface area (TPSA) is 9.23 Å². The summed E-state index contributed by atoms with van der Waals surface area (Å²) in [5.74, 6) is 0. The van der Waals surface area contributed by atoms with Crippen molar-refractivity contribution >= 4 is 11.6 Å². The van der Waals surface area contributed by atoms with Crippen LogP contribution in [0.4, 0.5) is 13.2 Å². The second-order valence-corrected chi connectivity index (χ2v) is 3.43. The van der Waals surface area contributed by atoms with Crippen LogP contribution in [0.5, 0.6) is 0 Å². The minimum atomic E-state index is -3.86. The number of hydrogen-bond acceptors (Lipinski definition) is 1. The van der Waals surface area contributed by atoms with Crippen LogP contribution in [0.15, 0.2) is 0 Å². The summed E-state index contributed by atoms with van der Waals surface area (Å²) < 4.78 is 41.6. The van der Waals surface area contributed by atoms with E-state index in [0.717, 1.165) is 12.8 Å². The van der Waals surface area contributed by atoms with Crippen LogP contribution < -0.4 is 0 Å². The van der Waals surface area contributed by atoms with E-state index in [2.05, 4.69) is 16.3 Å². The maximum atomic E-state index is 12.6. The fourth-order valence-corrected chi connectivity index (χ4v) is 1.34. The highest BCUT2D eigenvalue weighted by Crippen LogP contribution is 2.31. The first kappa shape index (κ1) is 11.1. The molecule has 0 heterocycles. The van der Waals surface area contributed by atoms with E-state index >= 15 is 0 Å². The van der Waals surface area contributed by atoms with E-state index in [4.69, 9.17) is 0 Å². The summed E-state index contributed by atoms with van der Waals surface area (Å²) in [6.07, 6.45) is 0.0742. The Labute approximate surface area is 80.2 Å². The van der Waals surface area contributed by atoms with Crippen molar-refractivity contribution in [3.63, 3.8) is 0 Å². The first-order valence-electron chi connectivity index (χ1n) is 4.18. The quantitative estimate of drug-likeness (QED) is 0.657. The molecular weight excluding hydrogens is 205 g/mol. The van der Waals surface area contributed by atoms with Gasteiger partial charge < -0.3 is 4.74 Å². The van der Waals surface area contributed by atoms with Crippen LogP contribution in [-0.4, -0.2) is 17.8 Å². The molecule has 0 saturated heterocycles. The van der Waals surface area contributed by atoms with E-state index in [1.807, 2.05) is 6.42 Å². The number of rotatable bonds is 3. The van der Waals surface area contributed by atoms with Gasteiger partial charge in [-0.2, -0.15) is 8.78 Å². The molecule has 5 heteroatoms. The van der Waals surface area contributed by atoms with Crippen molar-refractivity contribution in [2.24, 2.45) is 0 Å². The fourth-order valence-electron chi connectivity index (χ4n) is 1.29. The Morgan fingerprint density at radius 1 is 1.38 bits per heavy atom. The Bertz CT molecular complexity index is 157. The van der Waals surface area contributed by atoms with E-state index < -0.39 is 17.8 Å². The van der Waals surface area contributed by atoms with Crippen LogP contribution in [0.1, 0.15) is 25.7 Å². The van der Waals surface area contributed by atoms with Crippen molar-refractivity contribution < 1.29 is 17.9 Å². The second-order valence-electron chi connectivity index (χ2n) is 3.05. The largest absolute Gasteiger partial charge is 0.401 e. The first-order valence-corrected chi connectivity index (χ1v) is 4.61. The van der Waals surface area contributed by atoms with Gasteiger partial charge in [-0.1, -0.05) is 11.6 Å². The Morgan fingerprint density at radius 2 is 1.92 bits per heavy atom. The van der Waals surface area contributed by atoms with E-state index in [1.165, 1.54) is 0 Å². The van der Waals surface area contributed by atoms with E-state index in [1.54, 1.807) is 0 Å². The number of alkyl halides is 4. The van der Waals surface area contributed by atoms with Crippen molar-refractivity contribution in [3.05, 3.63) is 6.42 Å². The second kappa shape index (κ2) is 4.51. The highest BCUT2D eigenvalue weighted by Gasteiger charge is 2.42. The lowest BCUT2D eigenvalue weighted by molar-refractivity contribution is -0.281. The Morgan fingerprint density at radius 3 is 2.38 bits per heavy atom. The van der Waals surface area contributed by atoms with E-state index in [9.17, 15) is 13.2 Å². The molecule has 1 radical (unpaired) electrons. The zero-order valence-corrected chi connectivity index (χ0v) is 7.74. The van der Waals surface area contributed by atoms with Crippen molar-refractivity contribution in [2.45, 2.75) is 43.5 Å². The van der Waals surface area contributed by atoms with Crippen molar-refractivity contribution in [2.75, 3.05) is 0 Å². The Balaban J connectivity index is 2.37. The molecule has 13 heavy (non-hydrogen) atoms. The van der Waals surface area contributed by atoms with Crippen molar-refractivity contribution in [1.82, 2.24) is 0 Å². The molecule has 0 bridgehead atoms. The molecule has 0 spiro atoms. The number of halogens is 4. The fraction of sp³-hybridized carbons (Fsp3) is 0.875. The third kappa shape index (κ3) is 3.35. The van der Waals surface area contributed by atoms with Crippen LogP contribution in [0.25, 0.3) is 0 Å². The molecule has 1 aliphatic carbocycles. The summed E-state index contributed by atoms with van der Waals surface area (Å²) in [6.45, 7) is 0. The molecule has 1 saturated carbocycles. The highest BCUT2D eigenvalue weighted by atomic mass is 35.5. The third-order valence-electron chi connectivity index (χ3n) is 1.96. The Kier molecular flexibility index (Phi) is 3.86. The van der Waals surface area contributed by atoms with Gasteiger partial charge in [0.25, 0.3) is 5.63 Å². The maximum absolute atomic E-state index is 12.6. The molecule has 0 amide bonds. The summed E-state index contributed by atoms with van der Waals surface area (Å²) in [5.41, 5.74) is -2.77. The smallest absolute Gasteiger partial charge is 0.314 e. The zero-order chi connectivity index (χ0) is 9.90. The molecular formula is C8H11ClF3O. The van der Waals surface area contributed by atoms with Gasteiger partial charge in [0, 0.05) is 0 Å². The van der Waals surface area contributed by atoms with Crippen LogP contribution in [0, 0.1) is 6.42 Å². The monoisotopic (exact) mass is 215 g/mol. The molecule has 0 N–H and O–H groups in total. The number of ether oxygens (including phenoxy) is 1. The SMILES string of the molecule is FC(Cl)C(F)(F)OC1CC[CH]CC1. The van der Waals surface area contributed by atoms with Crippen molar-refractivity contribution in [1.29, 1.82) is 0 Å². The highest BCUT2D eigenvalue weighted by molar-refractivity contribution is 6.20. The predicted molar refractivity (Wildman–Crippen MR) is 43.3 cm³/mol. The summed E-state index contributed by atoms with van der Waals surface area (Å²) >= 11 is 4.64. The normalized spacial score (nSPS) is 23.1. The molecule has 1 nitrogen and oxygen atoms in total. The standard InChI is InChI=1S/C8H11ClF3O/c9-7(10)8(11,12)13-6-4-2-1-3-5-6/h1,6-7H,2-5H2. The first-order chi connectivity index (χ1) is 6.02. The summed E-state index contributed by atoms with van der Waals surface area (Å²) in [4.78, 5) is 0. The van der Waals surface area contributed by atoms with Crippen LogP contribution in [0.3, 0.4) is 0 Å². The van der Waals surface area contributed by atoms with Gasteiger partial charge in [0.2, 0.25) is 0 Å². The molecule has 1 unspecified atom stereocenters. The summed E-state index contributed by atoms with van der Waals surface area (Å²) in [5, 5.41) is 0. The van der Waals surface area contributed by atoms with Gasteiger partial charge in [0.1, 0.15) is 0 Å². The molecule has 1 atom stereocenters. The predicted octanol–water partition coefficient (Wildman–Crippen LogP) is 3.28. The molecule has 0 aromatic carbocycles. The lowest BCUT2D eigenvalue weighted by Crippen LogP contribution is -2.35. The summed E-state index contributed by atoms with van der Waals surface area (Å²) in [6, 6.07) is 0. The van der Waals surface area contributed by atoms with Crippen LogP contribution >= 0.6 is 11.6 Å². The van der Waals surface area contributed by atoms with Gasteiger partial charge in [-0.3, -0.25) is 0 Å². The van der Waals surface area contributed by atoms with Crippen LogP contribution in [-0.2, 0) is 4.74 Å². The number of hydrogen-bond donors (Lipinski definition) is 0. The molecule has 77 valence electrons. The molecule has 0 aromatic heterocycles. The van der Waals surface area contributed by atoms with Gasteiger partial charge in [0.15, 0.2) is 0 Å². The molecule has 1 fully saturated rings. The van der Waals surface area contributed by atoms with E-state index in [-0.39, 0.29) is 0 Å². The van der Waals surface area contributed by atoms with Gasteiger partial charge in [-0.25, -0.2) is 4.39 Å². The Hall–Kier alpha value is 0.0400. The summed E-state index contributed by atoms with van der Waals surface area (Å²) in [7, 11) is 0. The zero-order valence-electron chi connectivity index (χ0n) is 6.98. The minimum absolute atomic E-state index is 0.513. The van der Waals surface area contributed by atoms with E-state index in [0.29, 0.717) is 12.8 Å². The average Bonchev–Trinajstić information content (AvgIpc) is 2.05. The lowest BCUT2D eigenvalue weighted by atomic mass is 9.98. The molecule has 0 aromatic rings. The molecule has 0 aliphatic heterocycles. The average molecular weight is 216 g/mol. The third-order valence-corrected chi connectivity index (χ3v) is 2.22. The van der Waals surface area contributed by atoms with Gasteiger partial charge >= 0.3 is 6.11 Å². The van der Waals surface area contributed by atoms with Gasteiger partial charge in [-0.05, 0) is 32.1 Å². The maximum Gasteiger partial charge on any atom is 0.401 e. The minimum Gasteiger partial charge on any atom is -0.314 e.